The van der Waals surface area contributed by atoms with Gasteiger partial charge in [0, 0.05) is 22.6 Å². The van der Waals surface area contributed by atoms with Gasteiger partial charge in [-0.1, -0.05) is 24.3 Å². The van der Waals surface area contributed by atoms with Crippen LogP contribution < -0.4 is 10.0 Å². The molecule has 1 aromatic heterocycles. The second kappa shape index (κ2) is 21.3. The molecule has 57 heavy (non-hydrogen) atoms. The first-order chi connectivity index (χ1) is 27.4. The van der Waals surface area contributed by atoms with E-state index in [1.807, 2.05) is 12.1 Å². The Hall–Kier alpha value is -4.55. The number of hydrogen-bond acceptors (Lipinski definition) is 12. The predicted molar refractivity (Wildman–Crippen MR) is 209 cm³/mol. The van der Waals surface area contributed by atoms with Crippen molar-refractivity contribution in [3.8, 4) is 11.3 Å². The van der Waals surface area contributed by atoms with Crippen LogP contribution in [0, 0.1) is 5.82 Å². The molecular formula is C41H49FN2O12S. The molecule has 1 fully saturated rings. The van der Waals surface area contributed by atoms with Crippen molar-refractivity contribution in [3.05, 3.63) is 88.7 Å². The molecule has 0 radical (unpaired) electrons. The fraction of sp³-hybridized carbons (Fsp3) is 0.439. The van der Waals surface area contributed by atoms with Gasteiger partial charge in [-0.05, 0) is 67.1 Å². The number of fused-ring (bicyclic) bond motifs is 1. The number of ether oxygens (including phenoxy) is 6. The molecule has 0 bridgehead atoms. The van der Waals surface area contributed by atoms with E-state index in [2.05, 4.69) is 0 Å². The molecule has 1 amide bonds. The van der Waals surface area contributed by atoms with Gasteiger partial charge >= 0.3 is 0 Å². The third-order valence-corrected chi connectivity index (χ3v) is 10.2. The van der Waals surface area contributed by atoms with Crippen LogP contribution in [-0.4, -0.2) is 111 Å². The number of carbonyl (C=O) groups excluding carboxylic acids is 3. The summed E-state index contributed by atoms with van der Waals surface area (Å²) in [5.74, 6) is -2.54. The van der Waals surface area contributed by atoms with Crippen molar-refractivity contribution in [2.24, 2.45) is 5.73 Å². The van der Waals surface area contributed by atoms with E-state index in [0.29, 0.717) is 87.2 Å². The molecule has 2 N–H and O–H groups in total. The lowest BCUT2D eigenvalue weighted by Crippen LogP contribution is -2.34. The molecule has 1 heterocycles. The third-order valence-electron chi connectivity index (χ3n) is 9.01. The molecule has 1 aliphatic rings. The lowest BCUT2D eigenvalue weighted by Gasteiger charge is -2.25. The average Bonchev–Trinajstić information content (AvgIpc) is 3.96. The summed E-state index contributed by atoms with van der Waals surface area (Å²) < 4.78 is 80.6. The summed E-state index contributed by atoms with van der Waals surface area (Å²) in [6, 6.07) is 15.8. The van der Waals surface area contributed by atoms with Gasteiger partial charge in [0.15, 0.2) is 5.78 Å². The lowest BCUT2D eigenvalue weighted by atomic mass is 9.98. The number of nitrogens with two attached hydrogens (primary N) is 1. The van der Waals surface area contributed by atoms with Crippen LogP contribution in [0.3, 0.4) is 0 Å². The highest BCUT2D eigenvalue weighted by atomic mass is 32.2. The normalized spacial score (nSPS) is 13.0. The number of nitrogens with zero attached hydrogens (tertiary/aromatic N) is 1. The van der Waals surface area contributed by atoms with E-state index < -0.39 is 27.5 Å². The van der Waals surface area contributed by atoms with Gasteiger partial charge in [0.2, 0.25) is 10.0 Å². The molecule has 0 unspecified atom stereocenters. The van der Waals surface area contributed by atoms with Gasteiger partial charge in [-0.25, -0.2) is 12.8 Å². The standard InChI is InChI=1S/C41H49FN2O12S/c1-28(45)30-5-3-29(4-6-30)27-55-24-23-54-22-21-53-20-19-52-18-17-51-16-15-50-14-13-44(57(2,48)49)36-26-37-35(25-34(36)31-7-8-31)38(39(46)41(43)47)40(56-37)32-9-11-33(42)12-10-32/h3-6,9-12,25-26,31H,7-8,13-24,27H2,1-2H3,(H2,43,47). The van der Waals surface area contributed by atoms with E-state index >= 15 is 0 Å². The van der Waals surface area contributed by atoms with Gasteiger partial charge in [0.05, 0.1) is 103 Å². The first-order valence-electron chi connectivity index (χ1n) is 18.7. The lowest BCUT2D eigenvalue weighted by molar-refractivity contribution is -0.114. The number of carbonyl (C=O) groups is 3. The van der Waals surface area contributed by atoms with Crippen LogP contribution in [0.5, 0.6) is 0 Å². The number of primary amides is 1. The second-order valence-corrected chi connectivity index (χ2v) is 15.3. The van der Waals surface area contributed by atoms with Crippen molar-refractivity contribution >= 4 is 44.2 Å². The third kappa shape index (κ3) is 13.0. The van der Waals surface area contributed by atoms with E-state index in [9.17, 15) is 27.2 Å². The summed E-state index contributed by atoms with van der Waals surface area (Å²) in [4.78, 5) is 36.4. The number of Topliss-reactive ketones (excluding diaryl/α,β-unsaturated/α-hetero) is 2. The zero-order chi connectivity index (χ0) is 40.8. The predicted octanol–water partition coefficient (Wildman–Crippen LogP) is 5.05. The molecule has 3 aromatic carbocycles. The number of anilines is 1. The van der Waals surface area contributed by atoms with Gasteiger partial charge in [-0.3, -0.25) is 18.7 Å². The number of halogens is 1. The molecule has 308 valence electrons. The largest absolute Gasteiger partial charge is 0.455 e. The van der Waals surface area contributed by atoms with Gasteiger partial charge in [0.25, 0.3) is 11.7 Å². The van der Waals surface area contributed by atoms with Crippen LogP contribution in [0.15, 0.2) is 65.1 Å². The van der Waals surface area contributed by atoms with E-state index in [1.165, 1.54) is 35.5 Å². The summed E-state index contributed by atoms with van der Waals surface area (Å²) in [6.07, 6.45) is 2.73. The molecule has 5 rings (SSSR count). The number of ketones is 2. The highest BCUT2D eigenvalue weighted by molar-refractivity contribution is 7.92. The number of rotatable bonds is 27. The quantitative estimate of drug-likeness (QED) is 0.0481. The van der Waals surface area contributed by atoms with E-state index in [1.54, 1.807) is 24.3 Å². The molecule has 4 aromatic rings. The van der Waals surface area contributed by atoms with Crippen molar-refractivity contribution in [3.63, 3.8) is 0 Å². The Labute approximate surface area is 331 Å². The topological polar surface area (TPSA) is 183 Å². The van der Waals surface area contributed by atoms with Crippen LogP contribution in [0.25, 0.3) is 22.3 Å². The Balaban J connectivity index is 0.983. The first-order valence-corrected chi connectivity index (χ1v) is 20.5. The van der Waals surface area contributed by atoms with Crippen molar-refractivity contribution in [1.29, 1.82) is 0 Å². The fourth-order valence-corrected chi connectivity index (χ4v) is 6.90. The summed E-state index contributed by atoms with van der Waals surface area (Å²) >= 11 is 0. The molecule has 16 heteroatoms. The number of benzene rings is 3. The Morgan fingerprint density at radius 3 is 1.79 bits per heavy atom. The van der Waals surface area contributed by atoms with Crippen molar-refractivity contribution in [2.45, 2.75) is 32.3 Å². The van der Waals surface area contributed by atoms with Crippen LogP contribution in [0.1, 0.15) is 57.5 Å². The zero-order valence-corrected chi connectivity index (χ0v) is 33.0. The Kier molecular flexibility index (Phi) is 16.3. The summed E-state index contributed by atoms with van der Waals surface area (Å²) in [5.41, 5.74) is 8.59. The number of sulfonamides is 1. The number of hydrogen-bond donors (Lipinski definition) is 1. The Morgan fingerprint density at radius 1 is 0.772 bits per heavy atom. The second-order valence-electron chi connectivity index (χ2n) is 13.4. The molecule has 14 nitrogen and oxygen atoms in total. The maximum atomic E-state index is 13.7. The molecule has 1 saturated carbocycles. The minimum atomic E-state index is -3.79. The van der Waals surface area contributed by atoms with E-state index in [-0.39, 0.29) is 55.0 Å². The fourth-order valence-electron chi connectivity index (χ4n) is 5.98. The molecule has 0 spiro atoms. The van der Waals surface area contributed by atoms with Gasteiger partial charge in [-0.2, -0.15) is 0 Å². The van der Waals surface area contributed by atoms with Crippen molar-refractivity contribution < 1.29 is 60.0 Å². The number of furan rings is 1. The van der Waals surface area contributed by atoms with Crippen LogP contribution in [-0.2, 0) is 49.8 Å². The highest BCUT2D eigenvalue weighted by Crippen LogP contribution is 2.48. The van der Waals surface area contributed by atoms with Crippen LogP contribution in [0.2, 0.25) is 0 Å². The van der Waals surface area contributed by atoms with E-state index in [0.717, 1.165) is 24.7 Å². The first kappa shape index (κ1) is 43.6. The zero-order valence-electron chi connectivity index (χ0n) is 32.2. The van der Waals surface area contributed by atoms with Gasteiger partial charge in [-0.15, -0.1) is 0 Å². The van der Waals surface area contributed by atoms with E-state index in [4.69, 9.17) is 38.6 Å². The smallest absolute Gasteiger partial charge is 0.289 e. The van der Waals surface area contributed by atoms with Crippen LogP contribution in [0.4, 0.5) is 10.1 Å². The summed E-state index contributed by atoms with van der Waals surface area (Å²) in [6.45, 7) is 5.84. The monoisotopic (exact) mass is 812 g/mol. The molecule has 0 aliphatic heterocycles. The van der Waals surface area contributed by atoms with Crippen LogP contribution >= 0.6 is 0 Å². The van der Waals surface area contributed by atoms with Crippen molar-refractivity contribution in [1.82, 2.24) is 0 Å². The van der Waals surface area contributed by atoms with Crippen molar-refractivity contribution in [2.75, 3.05) is 89.8 Å². The average molecular weight is 813 g/mol. The van der Waals surface area contributed by atoms with Gasteiger partial charge < -0.3 is 38.6 Å². The molecule has 0 atom stereocenters. The minimum absolute atomic E-state index is 0.00349. The SMILES string of the molecule is CC(=O)c1ccc(COCCOCCOCCOCCOCCOCCN(c2cc3oc(-c4ccc(F)cc4)c(C(=O)C(N)=O)c3cc2C2CC2)S(C)(=O)=O)cc1. The minimum Gasteiger partial charge on any atom is -0.455 e. The summed E-state index contributed by atoms with van der Waals surface area (Å²) in [7, 11) is -3.79. The molecule has 0 saturated heterocycles. The highest BCUT2D eigenvalue weighted by Gasteiger charge is 2.34. The summed E-state index contributed by atoms with van der Waals surface area (Å²) in [5, 5.41) is 0.317. The molecular weight excluding hydrogens is 764 g/mol. The maximum Gasteiger partial charge on any atom is 0.289 e. The van der Waals surface area contributed by atoms with Gasteiger partial charge in [0.1, 0.15) is 17.2 Å². The molecule has 1 aliphatic carbocycles. The maximum absolute atomic E-state index is 13.7. The Bertz CT molecular complexity index is 2070. The number of amides is 1. The Morgan fingerprint density at radius 2 is 1.30 bits per heavy atom.